The molecule has 1 N–H and O–H groups in total. The van der Waals surface area contributed by atoms with Gasteiger partial charge in [0.2, 0.25) is 6.39 Å². The maximum absolute atomic E-state index is 9.54. The number of aliphatic hydroxyl groups is 1. The van der Waals surface area contributed by atoms with Crippen molar-refractivity contribution in [3.63, 3.8) is 0 Å². The second-order valence-electron chi connectivity index (χ2n) is 3.54. The fraction of sp³-hybridized carbons (Fsp3) is 0.800. The Morgan fingerprint density at radius 1 is 1.43 bits per heavy atom. The monoisotopic (exact) mass is 198 g/mol. The maximum atomic E-state index is 9.54. The van der Waals surface area contributed by atoms with Crippen LogP contribution in [0.2, 0.25) is 0 Å². The zero-order valence-corrected chi connectivity index (χ0v) is 8.65. The van der Waals surface area contributed by atoms with E-state index in [0.29, 0.717) is 0 Å². The molecule has 1 heterocycles. The summed E-state index contributed by atoms with van der Waals surface area (Å²) in [6, 6.07) is 0. The van der Waals surface area contributed by atoms with E-state index in [1.807, 2.05) is 0 Å². The Kier molecular flexibility index (Phi) is 5.22. The summed E-state index contributed by atoms with van der Waals surface area (Å²) in [6.45, 7) is 2.13. The molecule has 0 aliphatic rings. The molecule has 1 unspecified atom stereocenters. The largest absolute Gasteiger partial charge is 0.393 e. The van der Waals surface area contributed by atoms with Crippen molar-refractivity contribution in [3.8, 4) is 0 Å². The summed E-state index contributed by atoms with van der Waals surface area (Å²) in [5.41, 5.74) is 0. The highest BCUT2D eigenvalue weighted by Gasteiger charge is 2.04. The zero-order chi connectivity index (χ0) is 10.2. The van der Waals surface area contributed by atoms with Crippen LogP contribution in [0.1, 0.15) is 44.9 Å². The van der Waals surface area contributed by atoms with E-state index in [9.17, 15) is 5.11 Å². The van der Waals surface area contributed by atoms with Crippen molar-refractivity contribution in [2.24, 2.45) is 0 Å². The van der Waals surface area contributed by atoms with Crippen LogP contribution in [0.15, 0.2) is 10.9 Å². The van der Waals surface area contributed by atoms with Gasteiger partial charge in [0.15, 0.2) is 5.82 Å². The van der Waals surface area contributed by atoms with Gasteiger partial charge in [-0.15, -0.1) is 0 Å². The van der Waals surface area contributed by atoms with Crippen LogP contribution in [0.5, 0.6) is 0 Å². The average molecular weight is 198 g/mol. The molecule has 0 aromatic carbocycles. The number of nitrogens with zero attached hydrogens (tertiary/aromatic N) is 2. The Morgan fingerprint density at radius 2 is 2.21 bits per heavy atom. The van der Waals surface area contributed by atoms with Gasteiger partial charge in [0.05, 0.1) is 6.10 Å². The summed E-state index contributed by atoms with van der Waals surface area (Å²) in [7, 11) is 0. The van der Waals surface area contributed by atoms with E-state index < -0.39 is 0 Å². The Hall–Kier alpha value is -0.900. The highest BCUT2D eigenvalue weighted by molar-refractivity contribution is 4.77. The Morgan fingerprint density at radius 3 is 2.86 bits per heavy atom. The molecule has 0 spiro atoms. The molecule has 0 bridgehead atoms. The number of aliphatic hydroxyl groups excluding tert-OH is 1. The minimum absolute atomic E-state index is 0.165. The number of rotatable bonds is 7. The molecule has 0 fully saturated rings. The van der Waals surface area contributed by atoms with Gasteiger partial charge in [0, 0.05) is 6.42 Å². The first-order valence-corrected chi connectivity index (χ1v) is 5.26. The van der Waals surface area contributed by atoms with Gasteiger partial charge < -0.3 is 9.63 Å². The summed E-state index contributed by atoms with van der Waals surface area (Å²) >= 11 is 0. The van der Waals surface area contributed by atoms with Gasteiger partial charge in [-0.25, -0.2) is 0 Å². The average Bonchev–Trinajstić information content (AvgIpc) is 2.67. The number of unbranched alkanes of at least 4 members (excludes halogenated alkanes) is 1. The fourth-order valence-electron chi connectivity index (χ4n) is 1.38. The van der Waals surface area contributed by atoms with E-state index in [4.69, 9.17) is 0 Å². The van der Waals surface area contributed by atoms with E-state index in [-0.39, 0.29) is 6.10 Å². The van der Waals surface area contributed by atoms with Gasteiger partial charge in [0.25, 0.3) is 0 Å². The first kappa shape index (κ1) is 11.2. The van der Waals surface area contributed by atoms with Crippen LogP contribution in [0.3, 0.4) is 0 Å². The molecular formula is C10H18N2O2. The van der Waals surface area contributed by atoms with Gasteiger partial charge >= 0.3 is 0 Å². The first-order valence-electron chi connectivity index (χ1n) is 5.26. The highest BCUT2D eigenvalue weighted by Crippen LogP contribution is 2.08. The quantitative estimate of drug-likeness (QED) is 0.727. The topological polar surface area (TPSA) is 59.2 Å². The molecule has 0 saturated carbocycles. The third-order valence-electron chi connectivity index (χ3n) is 2.24. The van der Waals surface area contributed by atoms with Crippen LogP contribution in [0, 0.1) is 0 Å². The third-order valence-corrected chi connectivity index (χ3v) is 2.24. The molecule has 0 aliphatic heterocycles. The minimum Gasteiger partial charge on any atom is -0.393 e. The van der Waals surface area contributed by atoms with E-state index in [1.165, 1.54) is 6.39 Å². The predicted octanol–water partition coefficient (Wildman–Crippen LogP) is 1.94. The lowest BCUT2D eigenvalue weighted by molar-refractivity contribution is 0.149. The predicted molar refractivity (Wildman–Crippen MR) is 52.8 cm³/mol. The zero-order valence-electron chi connectivity index (χ0n) is 8.65. The van der Waals surface area contributed by atoms with Crippen molar-refractivity contribution in [2.75, 3.05) is 0 Å². The lowest BCUT2D eigenvalue weighted by atomic mass is 10.1. The van der Waals surface area contributed by atoms with Crippen LogP contribution in [-0.2, 0) is 6.42 Å². The summed E-state index contributed by atoms with van der Waals surface area (Å²) < 4.78 is 4.61. The molecule has 0 radical (unpaired) electrons. The SMILES string of the molecule is CCCCC(O)CCCc1ncon1. The lowest BCUT2D eigenvalue weighted by Crippen LogP contribution is -2.06. The third kappa shape index (κ3) is 4.37. The van der Waals surface area contributed by atoms with Crippen molar-refractivity contribution < 1.29 is 9.63 Å². The van der Waals surface area contributed by atoms with Gasteiger partial charge in [0.1, 0.15) is 0 Å². The van der Waals surface area contributed by atoms with Crippen molar-refractivity contribution >= 4 is 0 Å². The molecule has 4 nitrogen and oxygen atoms in total. The van der Waals surface area contributed by atoms with Crippen molar-refractivity contribution in [2.45, 2.75) is 51.6 Å². The molecule has 14 heavy (non-hydrogen) atoms. The lowest BCUT2D eigenvalue weighted by Gasteiger charge is -2.07. The van der Waals surface area contributed by atoms with E-state index in [0.717, 1.165) is 44.3 Å². The van der Waals surface area contributed by atoms with Crippen LogP contribution in [0.4, 0.5) is 0 Å². The van der Waals surface area contributed by atoms with Crippen LogP contribution < -0.4 is 0 Å². The highest BCUT2D eigenvalue weighted by atomic mass is 16.5. The molecule has 0 saturated heterocycles. The van der Waals surface area contributed by atoms with E-state index in [2.05, 4.69) is 21.6 Å². The molecule has 0 amide bonds. The Labute approximate surface area is 84.3 Å². The smallest absolute Gasteiger partial charge is 0.213 e. The molecule has 1 aromatic heterocycles. The van der Waals surface area contributed by atoms with Crippen molar-refractivity contribution in [1.29, 1.82) is 0 Å². The molecule has 1 aromatic rings. The van der Waals surface area contributed by atoms with Crippen molar-refractivity contribution in [1.82, 2.24) is 10.1 Å². The summed E-state index contributed by atoms with van der Waals surface area (Å²) in [5.74, 6) is 0.729. The number of hydrogen-bond acceptors (Lipinski definition) is 4. The molecule has 80 valence electrons. The molecule has 1 atom stereocenters. The normalized spacial score (nSPS) is 13.0. The number of aryl methyl sites for hydroxylation is 1. The van der Waals surface area contributed by atoms with Crippen LogP contribution >= 0.6 is 0 Å². The summed E-state index contributed by atoms with van der Waals surface area (Å²) in [4.78, 5) is 3.92. The Bertz CT molecular complexity index is 224. The second-order valence-corrected chi connectivity index (χ2v) is 3.54. The van der Waals surface area contributed by atoms with E-state index >= 15 is 0 Å². The first-order chi connectivity index (χ1) is 6.83. The van der Waals surface area contributed by atoms with Crippen molar-refractivity contribution in [3.05, 3.63) is 12.2 Å². The van der Waals surface area contributed by atoms with Gasteiger partial charge in [-0.1, -0.05) is 24.9 Å². The number of aromatic nitrogens is 2. The van der Waals surface area contributed by atoms with Crippen LogP contribution in [-0.4, -0.2) is 21.4 Å². The van der Waals surface area contributed by atoms with Gasteiger partial charge in [-0.2, -0.15) is 4.98 Å². The molecule has 4 heteroatoms. The summed E-state index contributed by atoms with van der Waals surface area (Å²) in [5, 5.41) is 13.3. The minimum atomic E-state index is -0.165. The molecule has 1 rings (SSSR count). The molecular weight excluding hydrogens is 180 g/mol. The second kappa shape index (κ2) is 6.54. The van der Waals surface area contributed by atoms with Crippen LogP contribution in [0.25, 0.3) is 0 Å². The molecule has 0 aliphatic carbocycles. The summed E-state index contributed by atoms with van der Waals surface area (Å²) in [6.07, 6.45) is 6.86. The Balaban J connectivity index is 2.03. The van der Waals surface area contributed by atoms with E-state index in [1.54, 1.807) is 0 Å². The fourth-order valence-corrected chi connectivity index (χ4v) is 1.38. The van der Waals surface area contributed by atoms with Gasteiger partial charge in [-0.3, -0.25) is 0 Å². The van der Waals surface area contributed by atoms with Gasteiger partial charge in [-0.05, 0) is 19.3 Å². The maximum Gasteiger partial charge on any atom is 0.213 e. The standard InChI is InChI=1S/C10H18N2O2/c1-2-3-5-9(13)6-4-7-10-11-8-14-12-10/h8-9,13H,2-7H2,1H3. The number of hydrogen-bond donors (Lipinski definition) is 1.